The van der Waals surface area contributed by atoms with Crippen molar-refractivity contribution in [1.82, 2.24) is 5.32 Å². The molecule has 0 atom stereocenters. The lowest BCUT2D eigenvalue weighted by atomic mass is 10.1. The van der Waals surface area contributed by atoms with Crippen LogP contribution in [0, 0.1) is 0 Å². The smallest absolute Gasteiger partial charge is 0.416 e. The van der Waals surface area contributed by atoms with Crippen molar-refractivity contribution in [1.29, 1.82) is 0 Å². The van der Waals surface area contributed by atoms with Crippen LogP contribution in [0.1, 0.15) is 18.4 Å². The van der Waals surface area contributed by atoms with Crippen molar-refractivity contribution in [2.45, 2.75) is 25.1 Å². The number of halogens is 3. The molecule has 17 heavy (non-hydrogen) atoms. The Bertz CT molecular complexity index is 355. The van der Waals surface area contributed by atoms with Crippen molar-refractivity contribution in [3.63, 3.8) is 0 Å². The van der Waals surface area contributed by atoms with E-state index in [9.17, 15) is 13.2 Å². The molecule has 0 aliphatic carbocycles. The minimum Gasteiger partial charge on any atom is -0.490 e. The van der Waals surface area contributed by atoms with Gasteiger partial charge in [-0.2, -0.15) is 13.2 Å². The van der Waals surface area contributed by atoms with Gasteiger partial charge in [-0.25, -0.2) is 5.32 Å². The average molecular weight is 244 g/mol. The first-order chi connectivity index (χ1) is 8.05. The average Bonchev–Trinajstić information content (AvgIpc) is 2.30. The Morgan fingerprint density at radius 1 is 1.06 bits per heavy atom. The molecule has 1 aliphatic rings. The molecule has 1 fully saturated rings. The summed E-state index contributed by atoms with van der Waals surface area (Å²) in [4.78, 5) is 0. The van der Waals surface area contributed by atoms with Gasteiger partial charge in [0, 0.05) is 13.1 Å². The predicted octanol–water partition coefficient (Wildman–Crippen LogP) is 2.85. The summed E-state index contributed by atoms with van der Waals surface area (Å²) in [6, 6.07) is 4.83. The van der Waals surface area contributed by atoms with Gasteiger partial charge in [0.1, 0.15) is 11.9 Å². The molecule has 1 radical (unpaired) electrons. The number of benzene rings is 1. The first-order valence-corrected chi connectivity index (χ1v) is 5.53. The fourth-order valence-electron chi connectivity index (χ4n) is 1.76. The van der Waals surface area contributed by atoms with E-state index in [0.29, 0.717) is 5.75 Å². The van der Waals surface area contributed by atoms with Crippen molar-refractivity contribution in [2.75, 3.05) is 13.1 Å². The van der Waals surface area contributed by atoms with Gasteiger partial charge in [-0.15, -0.1) is 0 Å². The van der Waals surface area contributed by atoms with Crippen LogP contribution in [-0.2, 0) is 6.18 Å². The molecule has 0 unspecified atom stereocenters. The third-order valence-electron chi connectivity index (χ3n) is 2.70. The first kappa shape index (κ1) is 12.2. The van der Waals surface area contributed by atoms with Crippen LogP contribution in [-0.4, -0.2) is 19.2 Å². The number of piperidine rings is 1. The zero-order valence-electron chi connectivity index (χ0n) is 9.20. The highest BCUT2D eigenvalue weighted by atomic mass is 19.4. The Kier molecular flexibility index (Phi) is 3.57. The van der Waals surface area contributed by atoms with Gasteiger partial charge in [0.2, 0.25) is 0 Å². The van der Waals surface area contributed by atoms with Crippen LogP contribution in [0.2, 0.25) is 0 Å². The molecule has 0 saturated carbocycles. The molecule has 93 valence electrons. The molecule has 1 heterocycles. The van der Waals surface area contributed by atoms with E-state index in [0.717, 1.165) is 38.1 Å². The largest absolute Gasteiger partial charge is 0.490 e. The number of rotatable bonds is 2. The zero-order valence-corrected chi connectivity index (χ0v) is 9.20. The van der Waals surface area contributed by atoms with E-state index in [-0.39, 0.29) is 6.10 Å². The van der Waals surface area contributed by atoms with E-state index in [1.54, 1.807) is 0 Å². The van der Waals surface area contributed by atoms with Gasteiger partial charge in [0.25, 0.3) is 0 Å². The van der Waals surface area contributed by atoms with Gasteiger partial charge in [0.05, 0.1) is 5.56 Å². The summed E-state index contributed by atoms with van der Waals surface area (Å²) in [5, 5.41) is 4.19. The molecule has 1 aromatic rings. The monoisotopic (exact) mass is 244 g/mol. The first-order valence-electron chi connectivity index (χ1n) is 5.53. The molecular formula is C12H13F3NO. The molecule has 0 amide bonds. The summed E-state index contributed by atoms with van der Waals surface area (Å²) >= 11 is 0. The van der Waals surface area contributed by atoms with Crippen LogP contribution in [0.5, 0.6) is 5.75 Å². The summed E-state index contributed by atoms with van der Waals surface area (Å²) in [5.74, 6) is 0.491. The van der Waals surface area contributed by atoms with Crippen molar-refractivity contribution in [2.24, 2.45) is 0 Å². The summed E-state index contributed by atoms with van der Waals surface area (Å²) in [6.45, 7) is 1.54. The second-order valence-corrected chi connectivity index (χ2v) is 4.01. The number of ether oxygens (including phenoxy) is 1. The lowest BCUT2D eigenvalue weighted by Gasteiger charge is -2.23. The molecule has 5 heteroatoms. The van der Waals surface area contributed by atoms with Crippen molar-refractivity contribution in [3.05, 3.63) is 29.8 Å². The van der Waals surface area contributed by atoms with E-state index in [2.05, 4.69) is 5.32 Å². The fraction of sp³-hybridized carbons (Fsp3) is 0.500. The normalized spacial score (nSPS) is 18.1. The highest BCUT2D eigenvalue weighted by Crippen LogP contribution is 2.30. The van der Waals surface area contributed by atoms with E-state index < -0.39 is 11.7 Å². The number of alkyl halides is 3. The maximum absolute atomic E-state index is 12.3. The standard InChI is InChI=1S/C12H13F3NO/c13-12(14,15)9-1-3-10(4-2-9)17-11-5-7-16-8-6-11/h1-4,11H,5-8H2. The number of hydrogen-bond donors (Lipinski definition) is 0. The fourth-order valence-corrected chi connectivity index (χ4v) is 1.76. The SMILES string of the molecule is FC(F)(F)c1ccc(OC2CC[N]CC2)cc1. The number of nitrogens with zero attached hydrogens (tertiary/aromatic N) is 1. The second kappa shape index (κ2) is 4.96. The van der Waals surface area contributed by atoms with Gasteiger partial charge in [-0.3, -0.25) is 0 Å². The molecule has 2 rings (SSSR count). The molecule has 0 aromatic heterocycles. The van der Waals surface area contributed by atoms with Crippen molar-refractivity contribution >= 4 is 0 Å². The minimum absolute atomic E-state index is 0.0734. The van der Waals surface area contributed by atoms with Gasteiger partial charge in [-0.1, -0.05) is 0 Å². The maximum atomic E-state index is 12.3. The Balaban J connectivity index is 1.98. The molecule has 1 saturated heterocycles. The van der Waals surface area contributed by atoms with Gasteiger partial charge < -0.3 is 4.74 Å². The van der Waals surface area contributed by atoms with Crippen LogP contribution in [0.15, 0.2) is 24.3 Å². The second-order valence-electron chi connectivity index (χ2n) is 4.01. The molecule has 1 aliphatic heterocycles. The summed E-state index contributed by atoms with van der Waals surface area (Å²) in [7, 11) is 0. The molecule has 2 nitrogen and oxygen atoms in total. The minimum atomic E-state index is -4.29. The lowest BCUT2D eigenvalue weighted by molar-refractivity contribution is -0.137. The molecule has 0 spiro atoms. The van der Waals surface area contributed by atoms with Gasteiger partial charge in [0.15, 0.2) is 0 Å². The molecule has 0 N–H and O–H groups in total. The zero-order chi connectivity index (χ0) is 12.3. The highest BCUT2D eigenvalue weighted by Gasteiger charge is 2.30. The Morgan fingerprint density at radius 2 is 1.65 bits per heavy atom. The predicted molar refractivity (Wildman–Crippen MR) is 57.0 cm³/mol. The Labute approximate surface area is 97.8 Å². The maximum Gasteiger partial charge on any atom is 0.416 e. The van der Waals surface area contributed by atoms with Crippen molar-refractivity contribution in [3.8, 4) is 5.75 Å². The van der Waals surface area contributed by atoms with E-state index in [4.69, 9.17) is 4.74 Å². The Morgan fingerprint density at radius 3 is 2.18 bits per heavy atom. The van der Waals surface area contributed by atoms with Crippen molar-refractivity contribution < 1.29 is 17.9 Å². The Hall–Kier alpha value is -1.23. The third-order valence-corrected chi connectivity index (χ3v) is 2.70. The third kappa shape index (κ3) is 3.36. The molecule has 0 bridgehead atoms. The van der Waals surface area contributed by atoms with Gasteiger partial charge >= 0.3 is 6.18 Å². The molecular weight excluding hydrogens is 231 g/mol. The van der Waals surface area contributed by atoms with Crippen LogP contribution in [0.4, 0.5) is 13.2 Å². The van der Waals surface area contributed by atoms with Crippen LogP contribution in [0.25, 0.3) is 0 Å². The summed E-state index contributed by atoms with van der Waals surface area (Å²) in [6.07, 6.45) is -2.55. The summed E-state index contributed by atoms with van der Waals surface area (Å²) < 4.78 is 42.6. The quantitative estimate of drug-likeness (QED) is 0.784. The van der Waals surface area contributed by atoms with Gasteiger partial charge in [-0.05, 0) is 37.1 Å². The van der Waals surface area contributed by atoms with E-state index >= 15 is 0 Å². The van der Waals surface area contributed by atoms with E-state index in [1.807, 2.05) is 0 Å². The topological polar surface area (TPSA) is 23.3 Å². The van der Waals surface area contributed by atoms with E-state index in [1.165, 1.54) is 12.1 Å². The summed E-state index contributed by atoms with van der Waals surface area (Å²) in [5.41, 5.74) is -0.650. The van der Waals surface area contributed by atoms with Crippen LogP contribution >= 0.6 is 0 Å². The molecule has 1 aromatic carbocycles. The number of hydrogen-bond acceptors (Lipinski definition) is 1. The van der Waals surface area contributed by atoms with Crippen LogP contribution in [0.3, 0.4) is 0 Å². The van der Waals surface area contributed by atoms with Crippen LogP contribution < -0.4 is 10.1 Å². The highest BCUT2D eigenvalue weighted by molar-refractivity contribution is 5.29. The lowest BCUT2D eigenvalue weighted by Crippen LogP contribution is -2.30.